The molecule has 0 aliphatic rings. The number of carbonyl (C=O) groups excluding carboxylic acids is 2. The fraction of sp³-hybridized carbons (Fsp3) is 0.300. The summed E-state index contributed by atoms with van der Waals surface area (Å²) >= 11 is 0. The maximum absolute atomic E-state index is 12.0. The highest BCUT2D eigenvalue weighted by Crippen LogP contribution is 2.12. The SMILES string of the molecule is CCOCCC(=O)NNC(=O)c1ccc(OCCc2ccccc2)cc1. The molecule has 0 unspecified atom stereocenters. The number of carbonyl (C=O) groups is 2. The zero-order chi connectivity index (χ0) is 18.6. The van der Waals surface area contributed by atoms with Crippen LogP contribution in [-0.2, 0) is 16.0 Å². The third kappa shape index (κ3) is 6.94. The summed E-state index contributed by atoms with van der Waals surface area (Å²) in [6.45, 7) is 3.30. The third-order valence-corrected chi connectivity index (χ3v) is 3.61. The average molecular weight is 356 g/mol. The van der Waals surface area contributed by atoms with Crippen LogP contribution in [0.25, 0.3) is 0 Å². The second-order valence-corrected chi connectivity index (χ2v) is 5.56. The Labute approximate surface area is 153 Å². The predicted molar refractivity (Wildman–Crippen MR) is 98.8 cm³/mol. The van der Waals surface area contributed by atoms with E-state index in [4.69, 9.17) is 9.47 Å². The second kappa shape index (κ2) is 10.9. The molecule has 2 aromatic rings. The first-order valence-corrected chi connectivity index (χ1v) is 8.62. The molecule has 2 amide bonds. The molecule has 0 aliphatic carbocycles. The topological polar surface area (TPSA) is 76.7 Å². The van der Waals surface area contributed by atoms with E-state index >= 15 is 0 Å². The third-order valence-electron chi connectivity index (χ3n) is 3.61. The summed E-state index contributed by atoms with van der Waals surface area (Å²) in [5.74, 6) is 0.0106. The van der Waals surface area contributed by atoms with E-state index in [1.54, 1.807) is 24.3 Å². The molecular weight excluding hydrogens is 332 g/mol. The lowest BCUT2D eigenvalue weighted by atomic mass is 10.2. The normalized spacial score (nSPS) is 10.2. The van der Waals surface area contributed by atoms with Crippen LogP contribution in [0.3, 0.4) is 0 Å². The van der Waals surface area contributed by atoms with Gasteiger partial charge in [-0.1, -0.05) is 30.3 Å². The lowest BCUT2D eigenvalue weighted by Crippen LogP contribution is -2.41. The van der Waals surface area contributed by atoms with Crippen molar-refractivity contribution in [3.8, 4) is 5.75 Å². The minimum absolute atomic E-state index is 0.197. The van der Waals surface area contributed by atoms with Crippen molar-refractivity contribution in [2.45, 2.75) is 19.8 Å². The summed E-state index contributed by atoms with van der Waals surface area (Å²) in [6, 6.07) is 16.9. The monoisotopic (exact) mass is 356 g/mol. The number of hydrogen-bond donors (Lipinski definition) is 2. The van der Waals surface area contributed by atoms with Gasteiger partial charge < -0.3 is 9.47 Å². The highest BCUT2D eigenvalue weighted by Gasteiger charge is 2.07. The van der Waals surface area contributed by atoms with E-state index in [-0.39, 0.29) is 18.2 Å². The van der Waals surface area contributed by atoms with Crippen molar-refractivity contribution in [2.75, 3.05) is 19.8 Å². The van der Waals surface area contributed by atoms with Crippen LogP contribution in [0.4, 0.5) is 0 Å². The Bertz CT molecular complexity index is 687. The minimum atomic E-state index is -0.384. The quantitative estimate of drug-likeness (QED) is 0.535. The molecule has 2 N–H and O–H groups in total. The van der Waals surface area contributed by atoms with E-state index in [1.807, 2.05) is 25.1 Å². The molecule has 0 bridgehead atoms. The maximum Gasteiger partial charge on any atom is 0.269 e. The Morgan fingerprint density at radius 1 is 0.923 bits per heavy atom. The van der Waals surface area contributed by atoms with Crippen molar-refractivity contribution in [1.82, 2.24) is 10.9 Å². The van der Waals surface area contributed by atoms with E-state index < -0.39 is 0 Å². The zero-order valence-corrected chi connectivity index (χ0v) is 14.9. The van der Waals surface area contributed by atoms with Crippen LogP contribution in [0.5, 0.6) is 5.75 Å². The Kier molecular flexibility index (Phi) is 8.15. The summed E-state index contributed by atoms with van der Waals surface area (Å²) in [4.78, 5) is 23.5. The highest BCUT2D eigenvalue weighted by molar-refractivity contribution is 5.95. The van der Waals surface area contributed by atoms with Crippen LogP contribution >= 0.6 is 0 Å². The summed E-state index contributed by atoms with van der Waals surface area (Å²) in [5.41, 5.74) is 6.38. The first kappa shape index (κ1) is 19.5. The molecule has 0 saturated carbocycles. The highest BCUT2D eigenvalue weighted by atomic mass is 16.5. The lowest BCUT2D eigenvalue weighted by molar-refractivity contribution is -0.122. The van der Waals surface area contributed by atoms with Crippen LogP contribution in [0.1, 0.15) is 29.3 Å². The summed E-state index contributed by atoms with van der Waals surface area (Å²) in [5, 5.41) is 0. The van der Waals surface area contributed by atoms with Crippen molar-refractivity contribution in [3.63, 3.8) is 0 Å². The Morgan fingerprint density at radius 3 is 2.35 bits per heavy atom. The molecule has 0 saturated heterocycles. The first-order chi connectivity index (χ1) is 12.7. The summed E-state index contributed by atoms with van der Waals surface area (Å²) in [6.07, 6.45) is 1.01. The number of ether oxygens (including phenoxy) is 2. The molecule has 2 rings (SSSR count). The van der Waals surface area contributed by atoms with Crippen molar-refractivity contribution < 1.29 is 19.1 Å². The van der Waals surface area contributed by atoms with Gasteiger partial charge in [-0.15, -0.1) is 0 Å². The molecule has 6 nitrogen and oxygen atoms in total. The van der Waals surface area contributed by atoms with Gasteiger partial charge in [-0.3, -0.25) is 20.4 Å². The molecule has 6 heteroatoms. The maximum atomic E-state index is 12.0. The fourth-order valence-electron chi connectivity index (χ4n) is 2.20. The van der Waals surface area contributed by atoms with Crippen LogP contribution in [0.2, 0.25) is 0 Å². The molecule has 2 aromatic carbocycles. The van der Waals surface area contributed by atoms with Crippen molar-refractivity contribution in [3.05, 3.63) is 65.7 Å². The molecule has 138 valence electrons. The van der Waals surface area contributed by atoms with Crippen LogP contribution in [0.15, 0.2) is 54.6 Å². The molecule has 0 radical (unpaired) electrons. The Morgan fingerprint density at radius 2 is 1.65 bits per heavy atom. The number of hydrogen-bond acceptors (Lipinski definition) is 4. The summed E-state index contributed by atoms with van der Waals surface area (Å²) < 4.78 is 10.8. The van der Waals surface area contributed by atoms with Gasteiger partial charge in [0.15, 0.2) is 0 Å². The molecule has 26 heavy (non-hydrogen) atoms. The summed E-state index contributed by atoms with van der Waals surface area (Å²) in [7, 11) is 0. The van der Waals surface area contributed by atoms with Gasteiger partial charge >= 0.3 is 0 Å². The van der Waals surface area contributed by atoms with Crippen LogP contribution in [-0.4, -0.2) is 31.6 Å². The van der Waals surface area contributed by atoms with Crippen LogP contribution in [0, 0.1) is 0 Å². The van der Waals surface area contributed by atoms with E-state index in [9.17, 15) is 9.59 Å². The Balaban J connectivity index is 1.72. The smallest absolute Gasteiger partial charge is 0.269 e. The molecule has 0 aromatic heterocycles. The number of amides is 2. The van der Waals surface area contributed by atoms with Crippen LogP contribution < -0.4 is 15.6 Å². The molecule has 0 fully saturated rings. The van der Waals surface area contributed by atoms with Gasteiger partial charge in [-0.2, -0.15) is 0 Å². The largest absolute Gasteiger partial charge is 0.493 e. The lowest BCUT2D eigenvalue weighted by Gasteiger charge is -2.09. The van der Waals surface area contributed by atoms with Gasteiger partial charge in [0.1, 0.15) is 5.75 Å². The van der Waals surface area contributed by atoms with Gasteiger partial charge in [0.25, 0.3) is 5.91 Å². The first-order valence-electron chi connectivity index (χ1n) is 8.62. The standard InChI is InChI=1S/C20H24N2O4/c1-2-25-14-13-19(23)21-22-20(24)17-8-10-18(11-9-17)26-15-12-16-6-4-3-5-7-16/h3-11H,2,12-15H2,1H3,(H,21,23)(H,22,24). The molecule has 0 spiro atoms. The van der Waals surface area contributed by atoms with E-state index in [2.05, 4.69) is 23.0 Å². The number of nitrogens with one attached hydrogen (secondary N) is 2. The van der Waals surface area contributed by atoms with Crippen molar-refractivity contribution >= 4 is 11.8 Å². The second-order valence-electron chi connectivity index (χ2n) is 5.56. The minimum Gasteiger partial charge on any atom is -0.493 e. The van der Waals surface area contributed by atoms with E-state index in [0.29, 0.717) is 31.1 Å². The fourth-order valence-corrected chi connectivity index (χ4v) is 2.20. The molecule has 0 heterocycles. The van der Waals surface area contributed by atoms with Gasteiger partial charge in [-0.25, -0.2) is 0 Å². The number of hydrazine groups is 1. The number of benzene rings is 2. The van der Waals surface area contributed by atoms with Gasteiger partial charge in [0.05, 0.1) is 19.6 Å². The predicted octanol–water partition coefficient (Wildman–Crippen LogP) is 2.50. The van der Waals surface area contributed by atoms with Crippen molar-refractivity contribution in [1.29, 1.82) is 0 Å². The zero-order valence-electron chi connectivity index (χ0n) is 14.9. The molecule has 0 aliphatic heterocycles. The van der Waals surface area contributed by atoms with Crippen molar-refractivity contribution in [2.24, 2.45) is 0 Å². The number of rotatable bonds is 9. The van der Waals surface area contributed by atoms with E-state index in [0.717, 1.165) is 6.42 Å². The van der Waals surface area contributed by atoms with Gasteiger partial charge in [-0.05, 0) is 36.8 Å². The Hall–Kier alpha value is -2.86. The van der Waals surface area contributed by atoms with E-state index in [1.165, 1.54) is 5.56 Å². The molecule has 0 atom stereocenters. The molecular formula is C20H24N2O4. The van der Waals surface area contributed by atoms with Gasteiger partial charge in [0, 0.05) is 18.6 Å². The average Bonchev–Trinajstić information content (AvgIpc) is 2.68. The van der Waals surface area contributed by atoms with Gasteiger partial charge in [0.2, 0.25) is 5.91 Å².